The summed E-state index contributed by atoms with van der Waals surface area (Å²) in [5.41, 5.74) is 6.52. The first-order valence-electron chi connectivity index (χ1n) is 6.75. The minimum Gasteiger partial charge on any atom is -0.399 e. The van der Waals surface area contributed by atoms with Gasteiger partial charge in [-0.25, -0.2) is 12.7 Å². The number of nitrogens with two attached hydrogens (primary N) is 1. The lowest BCUT2D eigenvalue weighted by atomic mass is 9.93. The van der Waals surface area contributed by atoms with E-state index in [9.17, 15) is 8.42 Å². The van der Waals surface area contributed by atoms with Crippen LogP contribution in [0, 0.1) is 5.41 Å². The number of anilines is 1. The van der Waals surface area contributed by atoms with E-state index in [1.165, 1.54) is 11.8 Å². The molecule has 112 valence electrons. The van der Waals surface area contributed by atoms with Gasteiger partial charge in [0.15, 0.2) is 0 Å². The van der Waals surface area contributed by atoms with Crippen molar-refractivity contribution in [2.75, 3.05) is 30.3 Å². The zero-order chi connectivity index (χ0) is 14.8. The lowest BCUT2D eigenvalue weighted by Gasteiger charge is -2.19. The minimum atomic E-state index is -3.13. The molecular formula is C14H22N2O2S2. The summed E-state index contributed by atoms with van der Waals surface area (Å²) in [6, 6.07) is 7.53. The Labute approximate surface area is 125 Å². The van der Waals surface area contributed by atoms with Gasteiger partial charge in [0.05, 0.1) is 5.75 Å². The first-order chi connectivity index (χ1) is 9.28. The van der Waals surface area contributed by atoms with E-state index in [1.807, 2.05) is 24.3 Å². The predicted octanol–water partition coefficient (Wildman–Crippen LogP) is 2.42. The zero-order valence-electron chi connectivity index (χ0n) is 12.0. The van der Waals surface area contributed by atoms with E-state index in [0.29, 0.717) is 24.5 Å². The van der Waals surface area contributed by atoms with Crippen LogP contribution < -0.4 is 5.73 Å². The molecule has 4 nitrogen and oxygen atoms in total. The fraction of sp³-hybridized carbons (Fsp3) is 0.571. The monoisotopic (exact) mass is 314 g/mol. The molecule has 0 saturated carbocycles. The van der Waals surface area contributed by atoms with Crippen LogP contribution in [0.15, 0.2) is 29.2 Å². The summed E-state index contributed by atoms with van der Waals surface area (Å²) < 4.78 is 26.2. The first-order valence-corrected chi connectivity index (χ1v) is 9.34. The second kappa shape index (κ2) is 5.95. The summed E-state index contributed by atoms with van der Waals surface area (Å²) in [5.74, 6) is 0.741. The highest BCUT2D eigenvalue weighted by atomic mass is 32.2. The summed E-state index contributed by atoms with van der Waals surface area (Å²) in [6.45, 7) is 5.52. The Morgan fingerprint density at radius 1 is 1.40 bits per heavy atom. The number of hydrogen-bond donors (Lipinski definition) is 1. The van der Waals surface area contributed by atoms with Gasteiger partial charge in [-0.3, -0.25) is 0 Å². The van der Waals surface area contributed by atoms with Crippen LogP contribution in [0.2, 0.25) is 0 Å². The molecule has 1 fully saturated rings. The van der Waals surface area contributed by atoms with Crippen LogP contribution in [-0.4, -0.2) is 37.3 Å². The van der Waals surface area contributed by atoms with E-state index in [-0.39, 0.29) is 11.2 Å². The van der Waals surface area contributed by atoms with Gasteiger partial charge in [0.2, 0.25) is 10.0 Å². The van der Waals surface area contributed by atoms with E-state index in [2.05, 4.69) is 13.8 Å². The molecule has 0 unspecified atom stereocenters. The van der Waals surface area contributed by atoms with Gasteiger partial charge < -0.3 is 5.73 Å². The summed E-state index contributed by atoms with van der Waals surface area (Å²) in [4.78, 5) is 1.02. The standard InChI is InChI=1S/C14H22N2O2S2/c1-14(2)6-7-16(11-14)20(17,18)9-8-19-13-5-3-4-12(15)10-13/h3-5,10H,6-9,11,15H2,1-2H3. The summed E-state index contributed by atoms with van der Waals surface area (Å²) in [6.07, 6.45) is 0.939. The summed E-state index contributed by atoms with van der Waals surface area (Å²) in [5, 5.41) is 0. The first kappa shape index (κ1) is 15.7. The maximum Gasteiger partial charge on any atom is 0.214 e. The molecule has 0 aromatic heterocycles. The van der Waals surface area contributed by atoms with Crippen molar-refractivity contribution in [1.29, 1.82) is 0 Å². The number of benzene rings is 1. The Bertz CT molecular complexity index is 570. The Kier molecular flexibility index (Phi) is 4.66. The Morgan fingerprint density at radius 3 is 2.75 bits per heavy atom. The molecule has 0 aliphatic carbocycles. The highest BCUT2D eigenvalue weighted by Crippen LogP contribution is 2.31. The van der Waals surface area contributed by atoms with Crippen molar-refractivity contribution in [3.8, 4) is 0 Å². The molecule has 1 heterocycles. The van der Waals surface area contributed by atoms with Crippen molar-refractivity contribution in [3.05, 3.63) is 24.3 Å². The maximum atomic E-state index is 12.3. The third kappa shape index (κ3) is 4.14. The molecule has 1 saturated heterocycles. The quantitative estimate of drug-likeness (QED) is 0.670. The van der Waals surface area contributed by atoms with Crippen molar-refractivity contribution in [1.82, 2.24) is 4.31 Å². The van der Waals surface area contributed by atoms with Gasteiger partial charge >= 0.3 is 0 Å². The summed E-state index contributed by atoms with van der Waals surface area (Å²) >= 11 is 1.53. The van der Waals surface area contributed by atoms with Crippen LogP contribution in [-0.2, 0) is 10.0 Å². The highest BCUT2D eigenvalue weighted by molar-refractivity contribution is 8.00. The SMILES string of the molecule is CC1(C)CCN(S(=O)(=O)CCSc2cccc(N)c2)C1. The molecule has 0 spiro atoms. The zero-order valence-corrected chi connectivity index (χ0v) is 13.6. The van der Waals surface area contributed by atoms with E-state index in [4.69, 9.17) is 5.73 Å². The number of rotatable bonds is 5. The number of hydrogen-bond acceptors (Lipinski definition) is 4. The molecular weight excluding hydrogens is 292 g/mol. The van der Waals surface area contributed by atoms with Gasteiger partial charge in [-0.15, -0.1) is 11.8 Å². The van der Waals surface area contributed by atoms with Crippen molar-refractivity contribution in [2.45, 2.75) is 25.2 Å². The van der Waals surface area contributed by atoms with E-state index >= 15 is 0 Å². The van der Waals surface area contributed by atoms with E-state index in [0.717, 1.165) is 11.3 Å². The van der Waals surface area contributed by atoms with Crippen molar-refractivity contribution >= 4 is 27.5 Å². The van der Waals surface area contributed by atoms with Gasteiger partial charge in [-0.1, -0.05) is 19.9 Å². The van der Waals surface area contributed by atoms with Crippen LogP contribution >= 0.6 is 11.8 Å². The molecule has 20 heavy (non-hydrogen) atoms. The molecule has 0 radical (unpaired) electrons. The molecule has 0 amide bonds. The van der Waals surface area contributed by atoms with Crippen LogP contribution in [0.5, 0.6) is 0 Å². The normalized spacial score (nSPS) is 19.3. The largest absolute Gasteiger partial charge is 0.399 e. The van der Waals surface area contributed by atoms with Crippen LogP contribution in [0.25, 0.3) is 0 Å². The third-order valence-corrected chi connectivity index (χ3v) is 6.58. The third-order valence-electron chi connectivity index (χ3n) is 3.50. The van der Waals surface area contributed by atoms with Crippen LogP contribution in [0.1, 0.15) is 20.3 Å². The number of nitrogens with zero attached hydrogens (tertiary/aromatic N) is 1. The topological polar surface area (TPSA) is 63.4 Å². The second-order valence-electron chi connectivity index (χ2n) is 5.98. The Hall–Kier alpha value is -0.720. The fourth-order valence-corrected chi connectivity index (χ4v) is 5.28. The van der Waals surface area contributed by atoms with Crippen LogP contribution in [0.4, 0.5) is 5.69 Å². The Morgan fingerprint density at radius 2 is 2.15 bits per heavy atom. The molecule has 1 aromatic rings. The maximum absolute atomic E-state index is 12.3. The van der Waals surface area contributed by atoms with Gasteiger partial charge in [0.1, 0.15) is 0 Å². The van der Waals surface area contributed by atoms with Crippen LogP contribution in [0.3, 0.4) is 0 Å². The molecule has 1 aromatic carbocycles. The number of nitrogen functional groups attached to an aromatic ring is 1. The molecule has 2 rings (SSSR count). The number of sulfonamides is 1. The molecule has 0 atom stereocenters. The van der Waals surface area contributed by atoms with E-state index < -0.39 is 10.0 Å². The van der Waals surface area contributed by atoms with E-state index in [1.54, 1.807) is 4.31 Å². The molecule has 2 N–H and O–H groups in total. The minimum absolute atomic E-state index is 0.105. The molecule has 0 bridgehead atoms. The highest BCUT2D eigenvalue weighted by Gasteiger charge is 2.35. The molecule has 1 aliphatic rings. The van der Waals surface area contributed by atoms with Gasteiger partial charge in [-0.05, 0) is 30.0 Å². The lowest BCUT2D eigenvalue weighted by Crippen LogP contribution is -2.33. The average molecular weight is 314 g/mol. The smallest absolute Gasteiger partial charge is 0.214 e. The average Bonchev–Trinajstić information content (AvgIpc) is 2.70. The van der Waals surface area contributed by atoms with Crippen molar-refractivity contribution in [3.63, 3.8) is 0 Å². The fourth-order valence-electron chi connectivity index (χ4n) is 2.30. The lowest BCUT2D eigenvalue weighted by molar-refractivity contribution is 0.376. The van der Waals surface area contributed by atoms with Gasteiger partial charge in [0.25, 0.3) is 0 Å². The molecule has 6 heteroatoms. The van der Waals surface area contributed by atoms with Crippen molar-refractivity contribution < 1.29 is 8.42 Å². The predicted molar refractivity (Wildman–Crippen MR) is 85.3 cm³/mol. The van der Waals surface area contributed by atoms with Gasteiger partial charge in [-0.2, -0.15) is 0 Å². The van der Waals surface area contributed by atoms with Crippen molar-refractivity contribution in [2.24, 2.45) is 5.41 Å². The number of thioether (sulfide) groups is 1. The molecule has 1 aliphatic heterocycles. The van der Waals surface area contributed by atoms with Gasteiger partial charge in [0, 0.05) is 29.4 Å². The second-order valence-corrected chi connectivity index (χ2v) is 9.24. The Balaban J connectivity index is 1.87. The summed E-state index contributed by atoms with van der Waals surface area (Å²) in [7, 11) is -3.13.